The molecule has 1 fully saturated rings. The third-order valence-corrected chi connectivity index (χ3v) is 6.02. The van der Waals surface area contributed by atoms with Crippen molar-refractivity contribution >= 4 is 28.4 Å². The molecule has 0 unspecified atom stereocenters. The average molecular weight is 389 g/mol. The van der Waals surface area contributed by atoms with Gasteiger partial charge in [0.25, 0.3) is 0 Å². The summed E-state index contributed by atoms with van der Waals surface area (Å²) in [6.45, 7) is 7.22. The SMILES string of the molecule is Cc1ccc2[nH]cc(CCN3C[C@@H](C(=O)Nc4cccc(C)c4C)CC3=O)c2c1. The van der Waals surface area contributed by atoms with Crippen LogP contribution in [-0.4, -0.2) is 34.8 Å². The summed E-state index contributed by atoms with van der Waals surface area (Å²) in [6, 6.07) is 12.2. The van der Waals surface area contributed by atoms with Crippen LogP contribution in [0, 0.1) is 26.7 Å². The number of carbonyl (C=O) groups excluding carboxylic acids is 2. The molecule has 0 bridgehead atoms. The van der Waals surface area contributed by atoms with Crippen molar-refractivity contribution in [2.45, 2.75) is 33.6 Å². The number of nitrogens with zero attached hydrogens (tertiary/aromatic N) is 1. The van der Waals surface area contributed by atoms with Gasteiger partial charge in [0.1, 0.15) is 0 Å². The Bertz CT molecular complexity index is 1080. The molecule has 2 aromatic carbocycles. The number of amides is 2. The van der Waals surface area contributed by atoms with Gasteiger partial charge in [-0.25, -0.2) is 0 Å². The minimum absolute atomic E-state index is 0.0575. The minimum atomic E-state index is -0.298. The van der Waals surface area contributed by atoms with Gasteiger partial charge < -0.3 is 15.2 Å². The number of carbonyl (C=O) groups is 2. The number of aromatic amines is 1. The van der Waals surface area contributed by atoms with Crippen molar-refractivity contribution in [3.8, 4) is 0 Å². The predicted octanol–water partition coefficient (Wildman–Crippen LogP) is 4.12. The van der Waals surface area contributed by atoms with Gasteiger partial charge in [-0.2, -0.15) is 0 Å². The molecule has 29 heavy (non-hydrogen) atoms. The highest BCUT2D eigenvalue weighted by atomic mass is 16.2. The fraction of sp³-hybridized carbons (Fsp3) is 0.333. The normalized spacial score (nSPS) is 16.6. The fourth-order valence-electron chi connectivity index (χ4n) is 4.04. The molecule has 0 spiro atoms. The molecule has 2 N–H and O–H groups in total. The monoisotopic (exact) mass is 389 g/mol. The van der Waals surface area contributed by atoms with E-state index in [9.17, 15) is 9.59 Å². The third kappa shape index (κ3) is 3.90. The summed E-state index contributed by atoms with van der Waals surface area (Å²) in [5, 5.41) is 4.22. The molecule has 4 rings (SSSR count). The van der Waals surface area contributed by atoms with E-state index >= 15 is 0 Å². The summed E-state index contributed by atoms with van der Waals surface area (Å²) in [7, 11) is 0. The smallest absolute Gasteiger partial charge is 0.229 e. The van der Waals surface area contributed by atoms with Crippen LogP contribution in [0.15, 0.2) is 42.6 Å². The zero-order valence-electron chi connectivity index (χ0n) is 17.2. The lowest BCUT2D eigenvalue weighted by Gasteiger charge is -2.17. The Morgan fingerprint density at radius 2 is 2.03 bits per heavy atom. The molecule has 0 saturated carbocycles. The summed E-state index contributed by atoms with van der Waals surface area (Å²) in [5.41, 5.74) is 6.58. The number of aryl methyl sites for hydroxylation is 2. The van der Waals surface area contributed by atoms with Gasteiger partial charge in [-0.05, 0) is 62.1 Å². The number of benzene rings is 2. The van der Waals surface area contributed by atoms with E-state index in [-0.39, 0.29) is 24.2 Å². The molecule has 1 atom stereocenters. The van der Waals surface area contributed by atoms with E-state index in [1.54, 1.807) is 0 Å². The highest BCUT2D eigenvalue weighted by Crippen LogP contribution is 2.24. The Kier molecular flexibility index (Phi) is 5.14. The Morgan fingerprint density at radius 3 is 2.86 bits per heavy atom. The molecule has 1 saturated heterocycles. The molecule has 2 amide bonds. The third-order valence-electron chi connectivity index (χ3n) is 6.02. The van der Waals surface area contributed by atoms with Crippen LogP contribution in [0.3, 0.4) is 0 Å². The molecule has 150 valence electrons. The second-order valence-electron chi connectivity index (χ2n) is 8.09. The molecular formula is C24H27N3O2. The Morgan fingerprint density at radius 1 is 1.21 bits per heavy atom. The molecule has 1 aliphatic heterocycles. The van der Waals surface area contributed by atoms with Gasteiger partial charge in [0.15, 0.2) is 0 Å². The number of aromatic nitrogens is 1. The van der Waals surface area contributed by atoms with Crippen molar-refractivity contribution in [2.75, 3.05) is 18.4 Å². The summed E-state index contributed by atoms with van der Waals surface area (Å²) in [4.78, 5) is 30.3. The zero-order valence-corrected chi connectivity index (χ0v) is 17.2. The average Bonchev–Trinajstić information content (AvgIpc) is 3.26. The summed E-state index contributed by atoms with van der Waals surface area (Å²) >= 11 is 0. The van der Waals surface area contributed by atoms with Crippen molar-refractivity contribution in [3.63, 3.8) is 0 Å². The molecule has 2 heterocycles. The first-order valence-corrected chi connectivity index (χ1v) is 10.1. The fourth-order valence-corrected chi connectivity index (χ4v) is 4.04. The highest BCUT2D eigenvalue weighted by molar-refractivity contribution is 5.97. The standard InChI is InChI=1S/C24H27N3O2/c1-15-7-8-22-20(11-15)18(13-25-22)9-10-27-14-19(12-23(27)28)24(29)26-21-6-4-5-16(2)17(21)3/h4-8,11,13,19,25H,9-10,12,14H2,1-3H3,(H,26,29)/t19-/m0/s1. The molecule has 5 nitrogen and oxygen atoms in total. The maximum Gasteiger partial charge on any atom is 0.229 e. The van der Waals surface area contributed by atoms with E-state index in [0.717, 1.165) is 28.8 Å². The van der Waals surface area contributed by atoms with Crippen molar-refractivity contribution in [2.24, 2.45) is 5.92 Å². The number of nitrogens with one attached hydrogen (secondary N) is 2. The van der Waals surface area contributed by atoms with Crippen molar-refractivity contribution in [1.29, 1.82) is 0 Å². The Balaban J connectivity index is 1.39. The second-order valence-corrected chi connectivity index (χ2v) is 8.09. The summed E-state index contributed by atoms with van der Waals surface area (Å²) < 4.78 is 0. The van der Waals surface area contributed by atoms with E-state index in [0.29, 0.717) is 13.1 Å². The number of H-pyrrole nitrogens is 1. The first-order valence-electron chi connectivity index (χ1n) is 10.1. The molecule has 0 aliphatic carbocycles. The molecule has 5 heteroatoms. The summed E-state index contributed by atoms with van der Waals surface area (Å²) in [5.74, 6) is -0.313. The number of fused-ring (bicyclic) bond motifs is 1. The molecule has 0 radical (unpaired) electrons. The summed E-state index contributed by atoms with van der Waals surface area (Å²) in [6.07, 6.45) is 3.08. The van der Waals surface area contributed by atoms with Crippen LogP contribution in [0.4, 0.5) is 5.69 Å². The predicted molar refractivity (Wildman–Crippen MR) is 116 cm³/mol. The van der Waals surface area contributed by atoms with Crippen LogP contribution in [0.1, 0.15) is 28.7 Å². The Hall–Kier alpha value is -3.08. The van der Waals surface area contributed by atoms with Gasteiger partial charge in [-0.1, -0.05) is 23.8 Å². The van der Waals surface area contributed by atoms with Crippen LogP contribution in [0.5, 0.6) is 0 Å². The molecule has 1 aliphatic rings. The van der Waals surface area contributed by atoms with Crippen LogP contribution >= 0.6 is 0 Å². The largest absolute Gasteiger partial charge is 0.361 e. The van der Waals surface area contributed by atoms with Crippen molar-refractivity contribution < 1.29 is 9.59 Å². The van der Waals surface area contributed by atoms with E-state index < -0.39 is 0 Å². The topological polar surface area (TPSA) is 65.2 Å². The van der Waals surface area contributed by atoms with E-state index in [2.05, 4.69) is 35.4 Å². The van der Waals surface area contributed by atoms with Gasteiger partial charge in [-0.15, -0.1) is 0 Å². The van der Waals surface area contributed by atoms with Gasteiger partial charge in [0.2, 0.25) is 11.8 Å². The van der Waals surface area contributed by atoms with E-state index in [1.165, 1.54) is 16.5 Å². The number of hydrogen-bond donors (Lipinski definition) is 2. The second kappa shape index (κ2) is 7.74. The minimum Gasteiger partial charge on any atom is -0.361 e. The lowest BCUT2D eigenvalue weighted by molar-refractivity contribution is -0.128. The van der Waals surface area contributed by atoms with Crippen LogP contribution in [-0.2, 0) is 16.0 Å². The van der Waals surface area contributed by atoms with E-state index in [4.69, 9.17) is 0 Å². The first-order chi connectivity index (χ1) is 13.9. The number of likely N-dealkylation sites (tertiary alicyclic amines) is 1. The lowest BCUT2D eigenvalue weighted by Crippen LogP contribution is -2.30. The van der Waals surface area contributed by atoms with Gasteiger partial charge in [0.05, 0.1) is 5.92 Å². The van der Waals surface area contributed by atoms with Crippen LogP contribution in [0.25, 0.3) is 10.9 Å². The Labute approximate surface area is 171 Å². The quantitative estimate of drug-likeness (QED) is 0.689. The maximum atomic E-state index is 12.7. The lowest BCUT2D eigenvalue weighted by atomic mass is 10.1. The number of rotatable bonds is 5. The number of hydrogen-bond acceptors (Lipinski definition) is 2. The number of anilines is 1. The van der Waals surface area contributed by atoms with Gasteiger partial charge in [-0.3, -0.25) is 9.59 Å². The molecule has 1 aromatic heterocycles. The zero-order chi connectivity index (χ0) is 20.5. The first kappa shape index (κ1) is 19.2. The van der Waals surface area contributed by atoms with Crippen molar-refractivity contribution in [1.82, 2.24) is 9.88 Å². The molecule has 3 aromatic rings. The molecular weight excluding hydrogens is 362 g/mol. The van der Waals surface area contributed by atoms with E-state index in [1.807, 2.05) is 43.1 Å². The van der Waals surface area contributed by atoms with Gasteiger partial charge >= 0.3 is 0 Å². The van der Waals surface area contributed by atoms with Crippen LogP contribution < -0.4 is 5.32 Å². The van der Waals surface area contributed by atoms with Gasteiger partial charge in [0, 0.05) is 42.3 Å². The van der Waals surface area contributed by atoms with Crippen LogP contribution in [0.2, 0.25) is 0 Å². The maximum absolute atomic E-state index is 12.7. The highest BCUT2D eigenvalue weighted by Gasteiger charge is 2.34. The van der Waals surface area contributed by atoms with Crippen molar-refractivity contribution in [3.05, 3.63) is 64.8 Å².